The van der Waals surface area contributed by atoms with Gasteiger partial charge in [-0.25, -0.2) is 18.2 Å². The van der Waals surface area contributed by atoms with Crippen LogP contribution in [-0.4, -0.2) is 98.8 Å². The number of aryl methyl sites for hydroxylation is 3. The quantitative estimate of drug-likeness (QED) is 0.0791. The summed E-state index contributed by atoms with van der Waals surface area (Å²) in [5, 5.41) is 9.76. The first-order chi connectivity index (χ1) is 32.2. The minimum absolute atomic E-state index is 0.0154. The average Bonchev–Trinajstić information content (AvgIpc) is 4.02. The number of nitrogens with zero attached hydrogens (tertiary/aromatic N) is 6. The lowest BCUT2D eigenvalue weighted by molar-refractivity contribution is -0.126. The minimum Gasteiger partial charge on any atom is -0.366 e. The molecule has 3 unspecified atom stereocenters. The molecule has 1 aliphatic heterocycles. The zero-order valence-electron chi connectivity index (χ0n) is 38.8. The summed E-state index contributed by atoms with van der Waals surface area (Å²) in [6.45, 7) is 9.75. The van der Waals surface area contributed by atoms with Crippen LogP contribution in [0.3, 0.4) is 0 Å². The Bertz CT molecular complexity index is 3150. The number of imidazole rings is 1. The molecule has 0 aliphatic carbocycles. The second-order valence-corrected chi connectivity index (χ2v) is 19.3. The molecule has 3 aromatic heterocycles. The van der Waals surface area contributed by atoms with E-state index in [0.717, 1.165) is 65.5 Å². The maximum Gasteiger partial charge on any atom is 0.317 e. The first-order valence-electron chi connectivity index (χ1n) is 23.2. The van der Waals surface area contributed by atoms with Crippen molar-refractivity contribution in [1.82, 2.24) is 38.5 Å². The van der Waals surface area contributed by atoms with Crippen LogP contribution in [0.5, 0.6) is 0 Å². The predicted molar refractivity (Wildman–Crippen MR) is 261 cm³/mol. The molecule has 1 saturated heterocycles. The Kier molecular flexibility index (Phi) is 13.4. The van der Waals surface area contributed by atoms with Gasteiger partial charge >= 0.3 is 6.03 Å². The first-order valence-corrected chi connectivity index (χ1v) is 24.7. The average molecular weight is 929 g/mol. The monoisotopic (exact) mass is 928 g/mol. The number of urea groups is 1. The van der Waals surface area contributed by atoms with Crippen molar-refractivity contribution in [2.45, 2.75) is 89.4 Å². The van der Waals surface area contributed by atoms with Crippen molar-refractivity contribution in [3.8, 4) is 0 Å². The van der Waals surface area contributed by atoms with Gasteiger partial charge in [-0.05, 0) is 98.9 Å². The Morgan fingerprint density at radius 2 is 1.22 bits per heavy atom. The lowest BCUT2D eigenvalue weighted by atomic mass is 9.90. The number of piperazine rings is 1. The van der Waals surface area contributed by atoms with Gasteiger partial charge in [0.25, 0.3) is 21.8 Å². The van der Waals surface area contributed by atoms with Gasteiger partial charge in [0.2, 0.25) is 5.91 Å². The molecular formula is C50H60N10O6S. The van der Waals surface area contributed by atoms with E-state index in [9.17, 15) is 27.6 Å². The Hall–Kier alpha value is -6.72. The Morgan fingerprint density at radius 3 is 1.69 bits per heavy atom. The van der Waals surface area contributed by atoms with E-state index in [-0.39, 0.29) is 43.0 Å². The number of sulfonamides is 1. The highest BCUT2D eigenvalue weighted by Gasteiger charge is 2.42. The number of carbonyl (C=O) groups excluding carboxylic acids is 4. The third-order valence-corrected chi connectivity index (χ3v) is 15.4. The molecule has 4 aromatic carbocycles. The van der Waals surface area contributed by atoms with Crippen LogP contribution in [0, 0.1) is 0 Å². The Balaban J connectivity index is 0.982. The fourth-order valence-electron chi connectivity index (χ4n) is 10.2. The molecule has 352 valence electrons. The van der Waals surface area contributed by atoms with Gasteiger partial charge < -0.3 is 40.7 Å². The standard InChI is InChI=1S/C50H60N10O6S/c1-6-31(33-24-37-35-14-10-12-16-41(35)58(8-3)45(37)39(26-33)47(51)61)18-20-53-49(63)43-28-57(22-23-60(43)67(65,66)44-29-56(5)30-55-44)50(64)54-21-19-32(7-2)34-25-38-36-15-11-13-17-42(36)59(9-4)46(38)40(27-34)48(52)62/h10-17,24-27,29-32,43H,6-9,18-23,28H2,1-5H3,(H2,51,61)(H2,52,62)(H,53,63)(H,54,64). The number of nitrogens with one attached hydrogen (secondary N) is 2. The summed E-state index contributed by atoms with van der Waals surface area (Å²) in [4.78, 5) is 59.5. The van der Waals surface area contributed by atoms with Crippen LogP contribution in [0.25, 0.3) is 43.6 Å². The van der Waals surface area contributed by atoms with E-state index in [1.807, 2.05) is 81.4 Å². The van der Waals surface area contributed by atoms with Crippen molar-refractivity contribution >= 4 is 77.4 Å². The molecule has 0 spiro atoms. The second-order valence-electron chi connectivity index (χ2n) is 17.4. The SMILES string of the molecule is CCC(CCNC(=O)C1CN(C(=O)NCCC(CC)c2cc(C(N)=O)c3c(c2)c2ccccc2n3CC)CCN1S(=O)(=O)c1cn(C)cn1)c1cc(C(N)=O)c2c(c1)c1ccccc1n2CC. The number of benzene rings is 4. The van der Waals surface area contributed by atoms with E-state index in [2.05, 4.69) is 43.8 Å². The number of aromatic nitrogens is 4. The fourth-order valence-corrected chi connectivity index (χ4v) is 11.7. The molecule has 1 aliphatic rings. The number of nitrogens with two attached hydrogens (primary N) is 2. The highest BCUT2D eigenvalue weighted by atomic mass is 32.2. The fraction of sp³-hybridized carbons (Fsp3) is 0.380. The van der Waals surface area contributed by atoms with Gasteiger partial charge in [0, 0.05) is 91.6 Å². The largest absolute Gasteiger partial charge is 0.366 e. The van der Waals surface area contributed by atoms with Gasteiger partial charge in [-0.15, -0.1) is 0 Å². The van der Waals surface area contributed by atoms with Gasteiger partial charge in [0.1, 0.15) is 6.04 Å². The van der Waals surface area contributed by atoms with Crippen molar-refractivity contribution in [3.05, 3.63) is 108 Å². The van der Waals surface area contributed by atoms with Crippen LogP contribution in [0.15, 0.2) is 90.3 Å². The highest BCUT2D eigenvalue weighted by Crippen LogP contribution is 2.37. The summed E-state index contributed by atoms with van der Waals surface area (Å²) >= 11 is 0. The van der Waals surface area contributed by atoms with E-state index in [1.54, 1.807) is 7.05 Å². The Morgan fingerprint density at radius 1 is 0.716 bits per heavy atom. The molecule has 0 bridgehead atoms. The zero-order chi connectivity index (χ0) is 47.7. The van der Waals surface area contributed by atoms with Gasteiger partial charge in [-0.3, -0.25) is 14.4 Å². The van der Waals surface area contributed by atoms with Gasteiger partial charge in [-0.1, -0.05) is 50.2 Å². The van der Waals surface area contributed by atoms with Crippen LogP contribution < -0.4 is 22.1 Å². The summed E-state index contributed by atoms with van der Waals surface area (Å²) in [6.07, 6.45) is 5.27. The molecule has 1 fully saturated rings. The molecule has 5 amide bonds. The number of primary amides is 2. The summed E-state index contributed by atoms with van der Waals surface area (Å²) in [7, 11) is -2.56. The first kappa shape index (κ1) is 46.8. The Labute approximate surface area is 390 Å². The molecule has 17 heteroatoms. The molecule has 0 saturated carbocycles. The topological polar surface area (TPSA) is 213 Å². The van der Waals surface area contributed by atoms with E-state index in [1.165, 1.54) is 22.0 Å². The number of carbonyl (C=O) groups is 4. The smallest absolute Gasteiger partial charge is 0.317 e. The third kappa shape index (κ3) is 8.73. The number of para-hydroxylation sites is 2. The summed E-state index contributed by atoms with van der Waals surface area (Å²) in [5.74, 6) is -1.65. The maximum absolute atomic E-state index is 14.2. The second kappa shape index (κ2) is 19.2. The molecule has 4 heterocycles. The highest BCUT2D eigenvalue weighted by molar-refractivity contribution is 7.89. The number of hydrogen-bond donors (Lipinski definition) is 4. The van der Waals surface area contributed by atoms with Crippen molar-refractivity contribution in [2.24, 2.45) is 18.5 Å². The number of hydrogen-bond acceptors (Lipinski definition) is 7. The zero-order valence-corrected chi connectivity index (χ0v) is 39.6. The number of amides is 5. The van der Waals surface area contributed by atoms with E-state index in [4.69, 9.17) is 11.5 Å². The lowest BCUT2D eigenvalue weighted by Crippen LogP contribution is -2.62. The number of rotatable bonds is 17. The molecule has 67 heavy (non-hydrogen) atoms. The van der Waals surface area contributed by atoms with Crippen molar-refractivity contribution < 1.29 is 27.6 Å². The minimum atomic E-state index is -4.23. The van der Waals surface area contributed by atoms with Gasteiger partial charge in [-0.2, -0.15) is 4.31 Å². The maximum atomic E-state index is 14.2. The van der Waals surface area contributed by atoms with Crippen molar-refractivity contribution in [1.29, 1.82) is 0 Å². The van der Waals surface area contributed by atoms with Crippen LogP contribution >= 0.6 is 0 Å². The molecule has 3 atom stereocenters. The van der Waals surface area contributed by atoms with Crippen LogP contribution in [0.2, 0.25) is 0 Å². The van der Waals surface area contributed by atoms with Gasteiger partial charge in [0.05, 0.1) is 28.5 Å². The molecule has 16 nitrogen and oxygen atoms in total. The summed E-state index contributed by atoms with van der Waals surface area (Å²) in [5.41, 5.74) is 18.4. The summed E-state index contributed by atoms with van der Waals surface area (Å²) in [6, 6.07) is 22.4. The van der Waals surface area contributed by atoms with Crippen LogP contribution in [0.4, 0.5) is 4.79 Å². The number of fused-ring (bicyclic) bond motifs is 6. The lowest BCUT2D eigenvalue weighted by Gasteiger charge is -2.39. The molecule has 0 radical (unpaired) electrons. The van der Waals surface area contributed by atoms with Crippen molar-refractivity contribution in [2.75, 3.05) is 32.7 Å². The molecule has 7 aromatic rings. The van der Waals surface area contributed by atoms with Gasteiger partial charge in [0.15, 0.2) is 5.03 Å². The predicted octanol–water partition coefficient (Wildman–Crippen LogP) is 6.54. The molecule has 6 N–H and O–H groups in total. The molecule has 8 rings (SSSR count). The van der Waals surface area contributed by atoms with E-state index < -0.39 is 39.8 Å². The van der Waals surface area contributed by atoms with E-state index in [0.29, 0.717) is 50.0 Å². The van der Waals surface area contributed by atoms with Crippen molar-refractivity contribution in [3.63, 3.8) is 0 Å². The van der Waals surface area contributed by atoms with E-state index >= 15 is 0 Å². The van der Waals surface area contributed by atoms with Crippen LogP contribution in [-0.2, 0) is 35.0 Å². The van der Waals surface area contributed by atoms with Crippen LogP contribution in [0.1, 0.15) is 97.1 Å². The summed E-state index contributed by atoms with van der Waals surface area (Å²) < 4.78 is 35.0. The molecular weight excluding hydrogens is 869 g/mol. The third-order valence-electron chi connectivity index (χ3n) is 13.6. The normalized spacial score (nSPS) is 15.7.